The molecule has 0 saturated carbocycles. The summed E-state index contributed by atoms with van der Waals surface area (Å²) in [5.74, 6) is -0.509. The lowest BCUT2D eigenvalue weighted by Gasteiger charge is -2.48. The van der Waals surface area contributed by atoms with E-state index in [1.54, 1.807) is 0 Å². The van der Waals surface area contributed by atoms with E-state index in [-0.39, 0.29) is 0 Å². The van der Waals surface area contributed by atoms with Crippen molar-refractivity contribution in [2.45, 2.75) is 120 Å². The molecule has 0 aromatic rings. The Kier molecular flexibility index (Phi) is 8.87. The minimum absolute atomic E-state index is 0.509. The summed E-state index contributed by atoms with van der Waals surface area (Å²) in [6.07, 6.45) is -19.3. The minimum Gasteiger partial charge on any atom is -0.388 e. The molecule has 3 saturated heterocycles. The molecule has 0 spiro atoms. The molecule has 0 radical (unpaired) electrons. The molecule has 3 aliphatic heterocycles. The third-order valence-corrected chi connectivity index (χ3v) is 6.38. The Morgan fingerprint density at radius 3 is 1.74 bits per heavy atom. The molecule has 0 bridgehead atoms. The van der Waals surface area contributed by atoms with Crippen molar-refractivity contribution in [2.24, 2.45) is 0 Å². The molecule has 34 heavy (non-hydrogen) atoms. The van der Waals surface area contributed by atoms with E-state index in [2.05, 4.69) is 5.32 Å². The second-order valence-electron chi connectivity index (χ2n) is 9.02. The Bertz CT molecular complexity index is 699. The maximum atomic E-state index is 11.5. The highest BCUT2D eigenvalue weighted by Gasteiger charge is 2.52. The number of amides is 1. The van der Waals surface area contributed by atoms with Crippen molar-refractivity contribution >= 4 is 5.91 Å². The second-order valence-corrected chi connectivity index (χ2v) is 9.02. The fourth-order valence-corrected chi connectivity index (χ4v) is 4.29. The number of carbonyl (C=O) groups is 1. The summed E-state index contributed by atoms with van der Waals surface area (Å²) in [7, 11) is 0. The van der Waals surface area contributed by atoms with Crippen LogP contribution in [-0.2, 0) is 28.5 Å². The molecule has 0 aliphatic carbocycles. The molecular formula is C20H35NO13. The summed E-state index contributed by atoms with van der Waals surface area (Å²) in [6.45, 7) is 5.60. The number of aliphatic hydroxyl groups excluding tert-OH is 7. The molecule has 1 amide bonds. The van der Waals surface area contributed by atoms with Crippen LogP contribution in [0.15, 0.2) is 0 Å². The van der Waals surface area contributed by atoms with Gasteiger partial charge in [-0.1, -0.05) is 0 Å². The topological polar surface area (TPSA) is 217 Å². The van der Waals surface area contributed by atoms with E-state index in [1.807, 2.05) is 0 Å². The molecule has 14 heteroatoms. The smallest absolute Gasteiger partial charge is 0.217 e. The highest BCUT2D eigenvalue weighted by Crippen LogP contribution is 2.32. The lowest BCUT2D eigenvalue weighted by molar-refractivity contribution is -0.379. The van der Waals surface area contributed by atoms with Gasteiger partial charge in [0.2, 0.25) is 5.91 Å². The number of ether oxygens (including phenoxy) is 5. The van der Waals surface area contributed by atoms with Crippen molar-refractivity contribution in [1.29, 1.82) is 0 Å². The lowest BCUT2D eigenvalue weighted by Crippen LogP contribution is -2.67. The van der Waals surface area contributed by atoms with Gasteiger partial charge in [-0.15, -0.1) is 0 Å². The van der Waals surface area contributed by atoms with E-state index in [1.165, 1.54) is 27.7 Å². The Balaban J connectivity index is 1.81. The molecule has 8 N–H and O–H groups in total. The molecule has 3 heterocycles. The summed E-state index contributed by atoms with van der Waals surface area (Å²) in [5.41, 5.74) is 0. The van der Waals surface area contributed by atoms with Crippen LogP contribution in [0.4, 0.5) is 0 Å². The Morgan fingerprint density at radius 2 is 1.15 bits per heavy atom. The Hall–Kier alpha value is -1.01. The van der Waals surface area contributed by atoms with Crippen molar-refractivity contribution in [1.82, 2.24) is 5.32 Å². The maximum Gasteiger partial charge on any atom is 0.217 e. The van der Waals surface area contributed by atoms with Crippen molar-refractivity contribution in [2.75, 3.05) is 0 Å². The number of hydrogen-bond donors (Lipinski definition) is 8. The minimum atomic E-state index is -1.70. The number of carbonyl (C=O) groups excluding carboxylic acids is 1. The number of nitrogens with one attached hydrogen (secondary N) is 1. The lowest BCUT2D eigenvalue weighted by atomic mass is 9.95. The van der Waals surface area contributed by atoms with Gasteiger partial charge in [-0.2, -0.15) is 0 Å². The molecular weight excluding hydrogens is 462 g/mol. The van der Waals surface area contributed by atoms with Gasteiger partial charge in [0.1, 0.15) is 48.8 Å². The van der Waals surface area contributed by atoms with E-state index < -0.39 is 98.0 Å². The maximum absolute atomic E-state index is 11.5. The van der Waals surface area contributed by atoms with Gasteiger partial charge in [-0.05, 0) is 20.8 Å². The predicted octanol–water partition coefficient (Wildman–Crippen LogP) is -4.35. The molecule has 0 unspecified atom stereocenters. The second kappa shape index (κ2) is 10.9. The van der Waals surface area contributed by atoms with Crippen LogP contribution in [0.5, 0.6) is 0 Å². The Labute approximate surface area is 195 Å². The third-order valence-electron chi connectivity index (χ3n) is 6.38. The van der Waals surface area contributed by atoms with Gasteiger partial charge in [-0.3, -0.25) is 4.79 Å². The SMILES string of the molecule is CC(=O)N[C@H]1[C@@H](O)[C@@H](C)O[C@H](O[C@@H]2[C@@H](O)[C@H](C)O[C@@H](O)[C@@H]2O[C@@H]2O[C@@H](C)[C@H](O)[C@@H](O)[C@H]2O)[C@@H]1O. The molecule has 3 rings (SSSR count). The zero-order chi connectivity index (χ0) is 25.5. The van der Waals surface area contributed by atoms with Crippen LogP contribution in [0.25, 0.3) is 0 Å². The normalized spacial score (nSPS) is 52.3. The third kappa shape index (κ3) is 5.53. The number of rotatable bonds is 5. The molecule has 15 atom stereocenters. The average molecular weight is 497 g/mol. The standard InChI is InChI=1S/C20H35NO13/c1-5-10(23)9(21-8(4)22)13(26)19(31-5)33-16-12(25)7(3)30-18(29)17(16)34-20-15(28)14(27)11(24)6(2)32-20/h5-7,9-20,23-29H,1-4H3,(H,21,22)/t5-,6+,7+,9+,10+,11+,12+,13-,14-,15-,16-,17-,18-,19-,20+/m1/s1. The summed E-state index contributed by atoms with van der Waals surface area (Å²) in [6, 6.07) is -1.15. The molecule has 198 valence electrons. The van der Waals surface area contributed by atoms with Gasteiger partial charge in [0.05, 0.1) is 24.4 Å². The molecule has 3 fully saturated rings. The summed E-state index contributed by atoms with van der Waals surface area (Å²) < 4.78 is 27.6. The molecule has 14 nitrogen and oxygen atoms in total. The fraction of sp³-hybridized carbons (Fsp3) is 0.950. The van der Waals surface area contributed by atoms with Crippen molar-refractivity contribution in [3.8, 4) is 0 Å². The zero-order valence-corrected chi connectivity index (χ0v) is 19.2. The summed E-state index contributed by atoms with van der Waals surface area (Å²) >= 11 is 0. The van der Waals surface area contributed by atoms with Gasteiger partial charge in [0.15, 0.2) is 18.9 Å². The summed E-state index contributed by atoms with van der Waals surface area (Å²) in [5, 5.41) is 74.9. The number of aliphatic hydroxyl groups is 7. The van der Waals surface area contributed by atoms with E-state index in [0.29, 0.717) is 0 Å². The van der Waals surface area contributed by atoms with Crippen LogP contribution in [0.2, 0.25) is 0 Å². The van der Waals surface area contributed by atoms with Crippen molar-refractivity contribution in [3.05, 3.63) is 0 Å². The van der Waals surface area contributed by atoms with E-state index >= 15 is 0 Å². The highest BCUT2D eigenvalue weighted by molar-refractivity contribution is 5.73. The van der Waals surface area contributed by atoms with E-state index in [0.717, 1.165) is 0 Å². The first-order chi connectivity index (χ1) is 15.8. The van der Waals surface area contributed by atoms with Gasteiger partial charge < -0.3 is 64.7 Å². The van der Waals surface area contributed by atoms with Crippen LogP contribution < -0.4 is 5.32 Å². The largest absolute Gasteiger partial charge is 0.388 e. The highest BCUT2D eigenvalue weighted by atomic mass is 16.8. The quantitative estimate of drug-likeness (QED) is 0.180. The first-order valence-electron chi connectivity index (χ1n) is 11.1. The van der Waals surface area contributed by atoms with Crippen molar-refractivity contribution < 1.29 is 64.2 Å². The van der Waals surface area contributed by atoms with Gasteiger partial charge in [-0.25, -0.2) is 0 Å². The van der Waals surface area contributed by atoms with E-state index in [9.17, 15) is 40.5 Å². The summed E-state index contributed by atoms with van der Waals surface area (Å²) in [4.78, 5) is 11.5. The first kappa shape index (κ1) is 27.6. The van der Waals surface area contributed by atoms with Gasteiger partial charge in [0, 0.05) is 6.92 Å². The Morgan fingerprint density at radius 1 is 0.647 bits per heavy atom. The average Bonchev–Trinajstić information content (AvgIpc) is 2.77. The van der Waals surface area contributed by atoms with Crippen LogP contribution in [-0.4, -0.2) is 134 Å². The van der Waals surface area contributed by atoms with Gasteiger partial charge in [0.25, 0.3) is 0 Å². The van der Waals surface area contributed by atoms with Crippen LogP contribution in [0.1, 0.15) is 27.7 Å². The number of hydrogen-bond acceptors (Lipinski definition) is 13. The van der Waals surface area contributed by atoms with E-state index in [4.69, 9.17) is 23.7 Å². The predicted molar refractivity (Wildman–Crippen MR) is 109 cm³/mol. The fourth-order valence-electron chi connectivity index (χ4n) is 4.29. The molecule has 0 aromatic heterocycles. The molecule has 0 aromatic carbocycles. The zero-order valence-electron chi connectivity index (χ0n) is 19.2. The van der Waals surface area contributed by atoms with Crippen molar-refractivity contribution in [3.63, 3.8) is 0 Å². The first-order valence-corrected chi connectivity index (χ1v) is 11.1. The molecule has 3 aliphatic rings. The monoisotopic (exact) mass is 497 g/mol. The van der Waals surface area contributed by atoms with Crippen LogP contribution >= 0.6 is 0 Å². The van der Waals surface area contributed by atoms with Crippen LogP contribution in [0.3, 0.4) is 0 Å². The van der Waals surface area contributed by atoms with Crippen LogP contribution in [0, 0.1) is 0 Å². The van der Waals surface area contributed by atoms with Gasteiger partial charge >= 0.3 is 0 Å².